The first kappa shape index (κ1) is 17.3. The Bertz CT molecular complexity index is 955. The van der Waals surface area contributed by atoms with Crippen LogP contribution in [-0.4, -0.2) is 47.1 Å². The first-order chi connectivity index (χ1) is 13.2. The number of fused-ring (bicyclic) bond motifs is 1. The van der Waals surface area contributed by atoms with Crippen molar-refractivity contribution >= 4 is 16.7 Å². The van der Waals surface area contributed by atoms with Crippen LogP contribution in [0.5, 0.6) is 11.8 Å². The number of aromatic nitrogens is 2. The van der Waals surface area contributed by atoms with Gasteiger partial charge in [-0.2, -0.15) is 4.98 Å². The first-order valence-electron chi connectivity index (χ1n) is 9.04. The SMILES string of the molecule is COc1cncc(OC2CCCN(C(=O)c3cccc4ccccc34)C2)n1. The van der Waals surface area contributed by atoms with Gasteiger partial charge < -0.3 is 14.4 Å². The van der Waals surface area contributed by atoms with Gasteiger partial charge in [-0.25, -0.2) is 0 Å². The minimum absolute atomic E-state index is 0.0387. The Morgan fingerprint density at radius 1 is 1.11 bits per heavy atom. The van der Waals surface area contributed by atoms with E-state index in [1.807, 2.05) is 47.4 Å². The Hall–Kier alpha value is -3.15. The Balaban J connectivity index is 1.51. The van der Waals surface area contributed by atoms with Crippen molar-refractivity contribution in [2.75, 3.05) is 20.2 Å². The van der Waals surface area contributed by atoms with Crippen molar-refractivity contribution in [2.24, 2.45) is 0 Å². The number of hydrogen-bond acceptors (Lipinski definition) is 5. The van der Waals surface area contributed by atoms with Crippen LogP contribution >= 0.6 is 0 Å². The van der Waals surface area contributed by atoms with E-state index in [0.29, 0.717) is 18.3 Å². The molecule has 6 nitrogen and oxygen atoms in total. The number of benzene rings is 2. The fraction of sp³-hybridized carbons (Fsp3) is 0.286. The molecule has 1 aliphatic rings. The molecule has 0 N–H and O–H groups in total. The lowest BCUT2D eigenvalue weighted by Crippen LogP contribution is -2.44. The third-order valence-electron chi connectivity index (χ3n) is 4.77. The van der Waals surface area contributed by atoms with Gasteiger partial charge >= 0.3 is 0 Å². The monoisotopic (exact) mass is 363 g/mol. The van der Waals surface area contributed by atoms with Crippen molar-refractivity contribution in [3.8, 4) is 11.8 Å². The molecule has 0 saturated carbocycles. The molecule has 0 spiro atoms. The highest BCUT2D eigenvalue weighted by molar-refractivity contribution is 6.07. The smallest absolute Gasteiger partial charge is 0.254 e. The molecule has 0 radical (unpaired) electrons. The van der Waals surface area contributed by atoms with Crippen LogP contribution < -0.4 is 9.47 Å². The summed E-state index contributed by atoms with van der Waals surface area (Å²) in [6.07, 6.45) is 4.74. The van der Waals surface area contributed by atoms with Crippen LogP contribution in [0.1, 0.15) is 23.2 Å². The average Bonchev–Trinajstić information content (AvgIpc) is 2.73. The second-order valence-electron chi connectivity index (χ2n) is 6.56. The van der Waals surface area contributed by atoms with Crippen LogP contribution in [0.25, 0.3) is 10.8 Å². The predicted octanol–water partition coefficient (Wildman–Crippen LogP) is 3.32. The largest absolute Gasteiger partial charge is 0.480 e. The second-order valence-corrected chi connectivity index (χ2v) is 6.56. The van der Waals surface area contributed by atoms with Gasteiger partial charge in [-0.1, -0.05) is 36.4 Å². The van der Waals surface area contributed by atoms with Gasteiger partial charge in [0.15, 0.2) is 0 Å². The number of carbonyl (C=O) groups excluding carboxylic acids is 1. The van der Waals surface area contributed by atoms with Crippen molar-refractivity contribution in [3.05, 3.63) is 60.4 Å². The average molecular weight is 363 g/mol. The predicted molar refractivity (Wildman–Crippen MR) is 102 cm³/mol. The van der Waals surface area contributed by atoms with Gasteiger partial charge in [0.05, 0.1) is 26.0 Å². The van der Waals surface area contributed by atoms with Gasteiger partial charge in [0, 0.05) is 12.1 Å². The van der Waals surface area contributed by atoms with Crippen LogP contribution in [0.2, 0.25) is 0 Å². The molecule has 0 aliphatic carbocycles. The lowest BCUT2D eigenvalue weighted by atomic mass is 10.0. The van der Waals surface area contributed by atoms with E-state index in [0.717, 1.165) is 35.7 Å². The summed E-state index contributed by atoms with van der Waals surface area (Å²) in [5, 5.41) is 2.05. The highest BCUT2D eigenvalue weighted by Crippen LogP contribution is 2.23. The summed E-state index contributed by atoms with van der Waals surface area (Å²) < 4.78 is 11.0. The van der Waals surface area contributed by atoms with E-state index in [4.69, 9.17) is 9.47 Å². The molecular formula is C21H21N3O3. The molecule has 1 fully saturated rings. The number of nitrogens with zero attached hydrogens (tertiary/aromatic N) is 3. The molecule has 138 valence electrons. The van der Waals surface area contributed by atoms with Gasteiger partial charge in [0.25, 0.3) is 5.91 Å². The van der Waals surface area contributed by atoms with Crippen molar-refractivity contribution < 1.29 is 14.3 Å². The minimum atomic E-state index is -0.112. The van der Waals surface area contributed by atoms with Gasteiger partial charge in [0.2, 0.25) is 11.8 Å². The molecule has 1 aromatic heterocycles. The number of amides is 1. The molecule has 4 rings (SSSR count). The van der Waals surface area contributed by atoms with Crippen LogP contribution in [0.4, 0.5) is 0 Å². The van der Waals surface area contributed by atoms with Gasteiger partial charge in [-0.15, -0.1) is 0 Å². The summed E-state index contributed by atoms with van der Waals surface area (Å²) in [5.41, 5.74) is 0.731. The maximum Gasteiger partial charge on any atom is 0.254 e. The fourth-order valence-electron chi connectivity index (χ4n) is 3.46. The molecule has 1 aliphatic heterocycles. The molecule has 1 atom stereocenters. The first-order valence-corrected chi connectivity index (χ1v) is 9.04. The minimum Gasteiger partial charge on any atom is -0.480 e. The zero-order valence-corrected chi connectivity index (χ0v) is 15.2. The maximum atomic E-state index is 13.1. The van der Waals surface area contributed by atoms with Crippen molar-refractivity contribution in [2.45, 2.75) is 18.9 Å². The van der Waals surface area contributed by atoms with Crippen LogP contribution in [0.3, 0.4) is 0 Å². The van der Waals surface area contributed by atoms with Gasteiger partial charge in [-0.3, -0.25) is 9.78 Å². The van der Waals surface area contributed by atoms with Gasteiger partial charge in [0.1, 0.15) is 6.10 Å². The summed E-state index contributed by atoms with van der Waals surface area (Å²) in [6.45, 7) is 1.26. The standard InChI is InChI=1S/C21H21N3O3/c1-26-19-12-22-13-20(23-19)27-16-8-5-11-24(14-16)21(25)18-10-4-7-15-6-2-3-9-17(15)18/h2-4,6-7,9-10,12-13,16H,5,8,11,14H2,1H3. The number of carbonyl (C=O) groups is 1. The van der Waals surface area contributed by atoms with E-state index < -0.39 is 0 Å². The Kier molecular flexibility index (Phi) is 4.87. The molecule has 1 unspecified atom stereocenters. The number of rotatable bonds is 4. The molecule has 2 heterocycles. The molecule has 1 amide bonds. The third-order valence-corrected chi connectivity index (χ3v) is 4.77. The van der Waals surface area contributed by atoms with Crippen molar-refractivity contribution in [1.82, 2.24) is 14.9 Å². The zero-order valence-electron chi connectivity index (χ0n) is 15.2. The van der Waals surface area contributed by atoms with E-state index in [2.05, 4.69) is 9.97 Å². The van der Waals surface area contributed by atoms with Crippen LogP contribution in [-0.2, 0) is 0 Å². The second kappa shape index (κ2) is 7.61. The summed E-state index contributed by atoms with van der Waals surface area (Å²) >= 11 is 0. The Labute approximate surface area is 157 Å². The number of likely N-dealkylation sites (tertiary alicyclic amines) is 1. The normalized spacial score (nSPS) is 16.9. The molecule has 1 saturated heterocycles. The van der Waals surface area contributed by atoms with E-state index in [1.165, 1.54) is 6.20 Å². The van der Waals surface area contributed by atoms with Crippen molar-refractivity contribution in [1.29, 1.82) is 0 Å². The molecule has 27 heavy (non-hydrogen) atoms. The molecular weight excluding hydrogens is 342 g/mol. The lowest BCUT2D eigenvalue weighted by molar-refractivity contribution is 0.0527. The molecule has 0 bridgehead atoms. The number of hydrogen-bond donors (Lipinski definition) is 0. The Morgan fingerprint density at radius 3 is 2.81 bits per heavy atom. The summed E-state index contributed by atoms with van der Waals surface area (Å²) in [6, 6.07) is 13.8. The topological polar surface area (TPSA) is 64.6 Å². The van der Waals surface area contributed by atoms with Crippen LogP contribution in [0, 0.1) is 0 Å². The third kappa shape index (κ3) is 3.69. The summed E-state index contributed by atoms with van der Waals surface area (Å²) in [7, 11) is 1.54. The van der Waals surface area contributed by atoms with Crippen LogP contribution in [0.15, 0.2) is 54.9 Å². The lowest BCUT2D eigenvalue weighted by Gasteiger charge is -2.32. The van der Waals surface area contributed by atoms with E-state index in [9.17, 15) is 4.79 Å². The van der Waals surface area contributed by atoms with Crippen molar-refractivity contribution in [3.63, 3.8) is 0 Å². The quantitative estimate of drug-likeness (QED) is 0.711. The van der Waals surface area contributed by atoms with Gasteiger partial charge in [-0.05, 0) is 29.7 Å². The number of piperidine rings is 1. The fourth-order valence-corrected chi connectivity index (χ4v) is 3.46. The number of methoxy groups -OCH3 is 1. The zero-order chi connectivity index (χ0) is 18.6. The van der Waals surface area contributed by atoms with E-state index >= 15 is 0 Å². The van der Waals surface area contributed by atoms with E-state index in [-0.39, 0.29) is 12.0 Å². The van der Waals surface area contributed by atoms with E-state index in [1.54, 1.807) is 13.3 Å². The highest BCUT2D eigenvalue weighted by Gasteiger charge is 2.27. The summed E-state index contributed by atoms with van der Waals surface area (Å²) in [5.74, 6) is 0.864. The maximum absolute atomic E-state index is 13.1. The molecule has 3 aromatic rings. The highest BCUT2D eigenvalue weighted by atomic mass is 16.5. The molecule has 2 aromatic carbocycles. The Morgan fingerprint density at radius 2 is 1.93 bits per heavy atom. The summed E-state index contributed by atoms with van der Waals surface area (Å²) in [4.78, 5) is 23.3. The molecule has 6 heteroatoms. The number of ether oxygens (including phenoxy) is 2.